The summed E-state index contributed by atoms with van der Waals surface area (Å²) in [6, 6.07) is 0. The molecular formula is C7H15O2. The predicted octanol–water partition coefficient (Wildman–Crippen LogP) is 0.996. The number of aliphatic hydroxyl groups excluding tert-OH is 1. The van der Waals surface area contributed by atoms with Crippen molar-refractivity contribution < 1.29 is 9.84 Å². The van der Waals surface area contributed by atoms with Crippen molar-refractivity contribution in [3.63, 3.8) is 0 Å². The average molecular weight is 131 g/mol. The summed E-state index contributed by atoms with van der Waals surface area (Å²) in [6.07, 6.45) is 0.837. The zero-order chi connectivity index (χ0) is 7.28. The van der Waals surface area contributed by atoms with Crippen molar-refractivity contribution in [2.45, 2.75) is 32.5 Å². The molecule has 0 aromatic heterocycles. The third kappa shape index (κ3) is 4.43. The van der Waals surface area contributed by atoms with Crippen molar-refractivity contribution in [1.29, 1.82) is 0 Å². The van der Waals surface area contributed by atoms with Crippen LogP contribution in [-0.2, 0) is 4.74 Å². The molecule has 0 aliphatic rings. The first-order valence-electron chi connectivity index (χ1n) is 3.30. The van der Waals surface area contributed by atoms with Crippen LogP contribution in [0, 0.1) is 6.92 Å². The van der Waals surface area contributed by atoms with Crippen LogP contribution < -0.4 is 0 Å². The van der Waals surface area contributed by atoms with Gasteiger partial charge in [-0.2, -0.15) is 0 Å². The molecule has 2 atom stereocenters. The number of aliphatic hydroxyl groups is 1. The molecule has 0 bridgehead atoms. The topological polar surface area (TPSA) is 29.5 Å². The molecule has 0 aliphatic heterocycles. The highest BCUT2D eigenvalue weighted by Crippen LogP contribution is 1.99. The number of hydrogen-bond donors (Lipinski definition) is 1. The molecule has 0 spiro atoms. The van der Waals surface area contributed by atoms with Gasteiger partial charge in [-0.05, 0) is 20.3 Å². The minimum Gasteiger partial charge on any atom is -0.394 e. The Morgan fingerprint density at radius 2 is 2.22 bits per heavy atom. The van der Waals surface area contributed by atoms with Gasteiger partial charge in [0.1, 0.15) is 0 Å². The van der Waals surface area contributed by atoms with Crippen LogP contribution in [0.15, 0.2) is 0 Å². The fourth-order valence-electron chi connectivity index (χ4n) is 0.468. The molecule has 0 rings (SSSR count). The molecule has 0 saturated heterocycles. The maximum atomic E-state index is 8.53. The largest absolute Gasteiger partial charge is 0.394 e. The SMILES string of the molecule is [CH2]C(CC)OC(C)CO. The van der Waals surface area contributed by atoms with Crippen LogP contribution in [0.2, 0.25) is 0 Å². The predicted molar refractivity (Wildman–Crippen MR) is 37.1 cm³/mol. The van der Waals surface area contributed by atoms with E-state index >= 15 is 0 Å². The molecule has 55 valence electrons. The molecule has 9 heavy (non-hydrogen) atoms. The third-order valence-electron chi connectivity index (χ3n) is 1.14. The van der Waals surface area contributed by atoms with Gasteiger partial charge in [0.05, 0.1) is 18.8 Å². The van der Waals surface area contributed by atoms with Gasteiger partial charge in [-0.1, -0.05) is 6.92 Å². The first kappa shape index (κ1) is 8.92. The lowest BCUT2D eigenvalue weighted by Gasteiger charge is -2.14. The molecule has 0 aromatic carbocycles. The zero-order valence-corrected chi connectivity index (χ0v) is 6.13. The Labute approximate surface area is 56.8 Å². The first-order valence-corrected chi connectivity index (χ1v) is 3.30. The van der Waals surface area contributed by atoms with E-state index in [1.807, 2.05) is 13.8 Å². The van der Waals surface area contributed by atoms with Crippen LogP contribution >= 0.6 is 0 Å². The van der Waals surface area contributed by atoms with Gasteiger partial charge < -0.3 is 9.84 Å². The monoisotopic (exact) mass is 131 g/mol. The second-order valence-electron chi connectivity index (χ2n) is 2.16. The molecule has 0 heterocycles. The van der Waals surface area contributed by atoms with Crippen molar-refractivity contribution >= 4 is 0 Å². The van der Waals surface area contributed by atoms with E-state index in [0.717, 1.165) is 6.42 Å². The van der Waals surface area contributed by atoms with Gasteiger partial charge in [0.25, 0.3) is 0 Å². The summed E-state index contributed by atoms with van der Waals surface area (Å²) in [4.78, 5) is 0. The van der Waals surface area contributed by atoms with Gasteiger partial charge in [-0.25, -0.2) is 0 Å². The van der Waals surface area contributed by atoms with Gasteiger partial charge in [0, 0.05) is 0 Å². The highest BCUT2D eigenvalue weighted by Gasteiger charge is 2.03. The minimum atomic E-state index is -0.0764. The highest BCUT2D eigenvalue weighted by atomic mass is 16.5. The fraction of sp³-hybridized carbons (Fsp3) is 0.857. The van der Waals surface area contributed by atoms with E-state index in [1.165, 1.54) is 0 Å². The van der Waals surface area contributed by atoms with Gasteiger partial charge in [0.2, 0.25) is 0 Å². The quantitative estimate of drug-likeness (QED) is 0.616. The number of rotatable bonds is 4. The Morgan fingerprint density at radius 1 is 1.67 bits per heavy atom. The van der Waals surface area contributed by atoms with Gasteiger partial charge >= 0.3 is 0 Å². The lowest BCUT2D eigenvalue weighted by Crippen LogP contribution is -2.19. The number of ether oxygens (including phenoxy) is 1. The van der Waals surface area contributed by atoms with Crippen molar-refractivity contribution in [2.24, 2.45) is 0 Å². The second kappa shape index (κ2) is 4.77. The van der Waals surface area contributed by atoms with Crippen LogP contribution in [0.4, 0.5) is 0 Å². The highest BCUT2D eigenvalue weighted by molar-refractivity contribution is 4.58. The van der Waals surface area contributed by atoms with Gasteiger partial charge in [0.15, 0.2) is 0 Å². The lowest BCUT2D eigenvalue weighted by atomic mass is 10.3. The summed E-state index contributed by atoms with van der Waals surface area (Å²) in [5.41, 5.74) is 0. The van der Waals surface area contributed by atoms with Crippen LogP contribution in [0.5, 0.6) is 0 Å². The van der Waals surface area contributed by atoms with Gasteiger partial charge in [-0.15, -0.1) is 0 Å². The van der Waals surface area contributed by atoms with Crippen LogP contribution in [0.1, 0.15) is 20.3 Å². The summed E-state index contributed by atoms with van der Waals surface area (Å²) >= 11 is 0. The molecule has 1 N–H and O–H groups in total. The maximum absolute atomic E-state index is 8.53. The van der Waals surface area contributed by atoms with Gasteiger partial charge in [-0.3, -0.25) is 0 Å². The molecule has 0 fully saturated rings. The van der Waals surface area contributed by atoms with Crippen molar-refractivity contribution in [3.8, 4) is 0 Å². The first-order chi connectivity index (χ1) is 4.20. The average Bonchev–Trinajstić information content (AvgIpc) is 1.87. The molecule has 2 nitrogen and oxygen atoms in total. The van der Waals surface area contributed by atoms with Crippen molar-refractivity contribution in [3.05, 3.63) is 6.92 Å². The summed E-state index contributed by atoms with van der Waals surface area (Å²) in [5.74, 6) is 0. The van der Waals surface area contributed by atoms with E-state index in [4.69, 9.17) is 9.84 Å². The van der Waals surface area contributed by atoms with E-state index in [9.17, 15) is 0 Å². The summed E-state index contributed by atoms with van der Waals surface area (Å²) in [5, 5.41) is 8.53. The Hall–Kier alpha value is -0.0800. The standard InChI is InChI=1S/C7H15O2/c1-4-6(2)9-7(3)5-8/h6-8H,2,4-5H2,1,3H3. The zero-order valence-electron chi connectivity index (χ0n) is 6.13. The van der Waals surface area contributed by atoms with Crippen molar-refractivity contribution in [2.75, 3.05) is 6.61 Å². The van der Waals surface area contributed by atoms with Crippen LogP contribution in [0.25, 0.3) is 0 Å². The lowest BCUT2D eigenvalue weighted by molar-refractivity contribution is -0.0101. The van der Waals surface area contributed by atoms with E-state index in [-0.39, 0.29) is 18.8 Å². The Kier molecular flexibility index (Phi) is 4.72. The van der Waals surface area contributed by atoms with E-state index in [0.29, 0.717) is 0 Å². The Balaban J connectivity index is 3.22. The molecular weight excluding hydrogens is 116 g/mol. The third-order valence-corrected chi connectivity index (χ3v) is 1.14. The van der Waals surface area contributed by atoms with E-state index in [1.54, 1.807) is 0 Å². The normalized spacial score (nSPS) is 17.3. The molecule has 0 amide bonds. The molecule has 0 aromatic rings. The minimum absolute atomic E-state index is 0.0205. The summed E-state index contributed by atoms with van der Waals surface area (Å²) in [7, 11) is 0. The fourth-order valence-corrected chi connectivity index (χ4v) is 0.468. The molecule has 2 heteroatoms. The second-order valence-corrected chi connectivity index (χ2v) is 2.16. The Morgan fingerprint density at radius 3 is 2.56 bits per heavy atom. The van der Waals surface area contributed by atoms with E-state index < -0.39 is 0 Å². The smallest absolute Gasteiger partial charge is 0.0781 e. The van der Waals surface area contributed by atoms with Crippen LogP contribution in [-0.4, -0.2) is 23.9 Å². The van der Waals surface area contributed by atoms with E-state index in [2.05, 4.69) is 6.92 Å². The molecule has 0 aliphatic carbocycles. The molecule has 0 saturated carbocycles. The number of hydrogen-bond acceptors (Lipinski definition) is 2. The maximum Gasteiger partial charge on any atom is 0.0781 e. The molecule has 2 unspecified atom stereocenters. The van der Waals surface area contributed by atoms with Crippen molar-refractivity contribution in [1.82, 2.24) is 0 Å². The Bertz CT molecular complexity index is 55.9. The summed E-state index contributed by atoms with van der Waals surface area (Å²) in [6.45, 7) is 7.62. The molecule has 1 radical (unpaired) electrons. The summed E-state index contributed by atoms with van der Waals surface area (Å²) < 4.78 is 5.19. The van der Waals surface area contributed by atoms with Crippen LogP contribution in [0.3, 0.4) is 0 Å².